The molecular formula is C18H11Br2NO3. The number of fused-ring (bicyclic) bond motifs is 1. The van der Waals surface area contributed by atoms with Gasteiger partial charge in [0.1, 0.15) is 29.6 Å². The van der Waals surface area contributed by atoms with Crippen molar-refractivity contribution >= 4 is 42.8 Å². The lowest BCUT2D eigenvalue weighted by Gasteiger charge is -2.09. The van der Waals surface area contributed by atoms with Crippen molar-refractivity contribution in [3.05, 3.63) is 72.5 Å². The van der Waals surface area contributed by atoms with Crippen LogP contribution >= 0.6 is 31.9 Å². The van der Waals surface area contributed by atoms with Crippen molar-refractivity contribution in [2.45, 2.75) is 13.5 Å². The van der Waals surface area contributed by atoms with E-state index in [0.717, 1.165) is 19.9 Å². The maximum absolute atomic E-state index is 11.8. The van der Waals surface area contributed by atoms with Gasteiger partial charge in [-0.25, -0.2) is 4.79 Å². The van der Waals surface area contributed by atoms with E-state index in [1.54, 1.807) is 25.1 Å². The Morgan fingerprint density at radius 2 is 2.00 bits per heavy atom. The average Bonchev–Trinajstić information content (AvgIpc) is 2.54. The van der Waals surface area contributed by atoms with Gasteiger partial charge in [-0.1, -0.05) is 37.9 Å². The molecule has 0 aliphatic heterocycles. The molecule has 3 aromatic rings. The molecule has 1 aromatic heterocycles. The number of nitriles is 1. The fourth-order valence-corrected chi connectivity index (χ4v) is 3.52. The topological polar surface area (TPSA) is 63.2 Å². The molecule has 0 fully saturated rings. The van der Waals surface area contributed by atoms with E-state index < -0.39 is 5.63 Å². The van der Waals surface area contributed by atoms with Crippen molar-refractivity contribution in [2.24, 2.45) is 0 Å². The summed E-state index contributed by atoms with van der Waals surface area (Å²) in [6, 6.07) is 13.0. The van der Waals surface area contributed by atoms with Crippen LogP contribution in [0.15, 0.2) is 54.6 Å². The third-order valence-electron chi connectivity index (χ3n) is 3.66. The number of hydrogen-bond donors (Lipinski definition) is 0. The highest BCUT2D eigenvalue weighted by Crippen LogP contribution is 2.26. The largest absolute Gasteiger partial charge is 0.489 e. The van der Waals surface area contributed by atoms with Gasteiger partial charge in [0, 0.05) is 26.0 Å². The first-order valence-electron chi connectivity index (χ1n) is 7.04. The third kappa shape index (κ3) is 3.23. The quantitative estimate of drug-likeness (QED) is 0.524. The van der Waals surface area contributed by atoms with Crippen LogP contribution in [-0.2, 0) is 6.61 Å². The zero-order chi connectivity index (χ0) is 17.3. The van der Waals surface area contributed by atoms with E-state index in [1.165, 1.54) is 0 Å². The zero-order valence-corrected chi connectivity index (χ0v) is 15.8. The van der Waals surface area contributed by atoms with Crippen LogP contribution in [0.25, 0.3) is 11.0 Å². The normalized spacial score (nSPS) is 10.6. The molecule has 0 aliphatic carbocycles. The van der Waals surface area contributed by atoms with E-state index in [0.29, 0.717) is 23.5 Å². The van der Waals surface area contributed by atoms with Gasteiger partial charge in [0.2, 0.25) is 0 Å². The highest BCUT2D eigenvalue weighted by atomic mass is 79.9. The van der Waals surface area contributed by atoms with E-state index in [9.17, 15) is 4.79 Å². The van der Waals surface area contributed by atoms with Crippen LogP contribution in [0.5, 0.6) is 5.75 Å². The fraction of sp³-hybridized carbons (Fsp3) is 0.111. The summed E-state index contributed by atoms with van der Waals surface area (Å²) >= 11 is 6.90. The van der Waals surface area contributed by atoms with Crippen LogP contribution in [0.4, 0.5) is 0 Å². The van der Waals surface area contributed by atoms with Gasteiger partial charge in [-0.05, 0) is 36.8 Å². The molecule has 0 aliphatic rings. The summed E-state index contributed by atoms with van der Waals surface area (Å²) in [6.07, 6.45) is 0. The molecule has 3 rings (SSSR count). The van der Waals surface area contributed by atoms with E-state index in [-0.39, 0.29) is 5.56 Å². The summed E-state index contributed by atoms with van der Waals surface area (Å²) in [6.45, 7) is 2.11. The standard InChI is InChI=1S/C18H11Br2NO3/c1-10-14-5-4-13(7-17(14)24-18(22)15(10)8-21)23-9-11-2-3-12(19)6-16(11)20/h2-7H,9H2,1H3. The Morgan fingerprint density at radius 3 is 2.71 bits per heavy atom. The van der Waals surface area contributed by atoms with E-state index in [4.69, 9.17) is 14.4 Å². The molecule has 4 nitrogen and oxygen atoms in total. The number of halogens is 2. The Balaban J connectivity index is 1.91. The highest BCUT2D eigenvalue weighted by molar-refractivity contribution is 9.11. The maximum Gasteiger partial charge on any atom is 0.354 e. The summed E-state index contributed by atoms with van der Waals surface area (Å²) in [5.74, 6) is 0.588. The van der Waals surface area contributed by atoms with Gasteiger partial charge in [0.15, 0.2) is 0 Å². The second-order valence-corrected chi connectivity index (χ2v) is 6.95. The Labute approximate surface area is 154 Å². The van der Waals surface area contributed by atoms with E-state index >= 15 is 0 Å². The van der Waals surface area contributed by atoms with Gasteiger partial charge >= 0.3 is 5.63 Å². The third-order valence-corrected chi connectivity index (χ3v) is 4.89. The first-order valence-corrected chi connectivity index (χ1v) is 8.62. The lowest BCUT2D eigenvalue weighted by Crippen LogP contribution is -2.06. The monoisotopic (exact) mass is 447 g/mol. The average molecular weight is 449 g/mol. The minimum absolute atomic E-state index is 0.0370. The van der Waals surface area contributed by atoms with Crippen molar-refractivity contribution in [1.29, 1.82) is 5.26 Å². The summed E-state index contributed by atoms with van der Waals surface area (Å²) in [4.78, 5) is 11.8. The lowest BCUT2D eigenvalue weighted by atomic mass is 10.1. The molecule has 120 valence electrons. The predicted octanol–water partition coefficient (Wildman–Crippen LogP) is 5.08. The number of aryl methyl sites for hydroxylation is 1. The zero-order valence-electron chi connectivity index (χ0n) is 12.6. The number of hydrogen-bond acceptors (Lipinski definition) is 4. The van der Waals surface area contributed by atoms with Gasteiger partial charge in [-0.3, -0.25) is 0 Å². The predicted molar refractivity (Wildman–Crippen MR) is 98.1 cm³/mol. The van der Waals surface area contributed by atoms with Crippen molar-refractivity contribution in [3.63, 3.8) is 0 Å². The van der Waals surface area contributed by atoms with E-state index in [2.05, 4.69) is 31.9 Å². The van der Waals surface area contributed by atoms with Crippen LogP contribution in [0.3, 0.4) is 0 Å². The van der Waals surface area contributed by atoms with Crippen molar-refractivity contribution in [3.8, 4) is 11.8 Å². The fourth-order valence-electron chi connectivity index (χ4n) is 2.35. The Bertz CT molecular complexity index is 1030. The molecule has 0 N–H and O–H groups in total. The summed E-state index contributed by atoms with van der Waals surface area (Å²) in [5, 5.41) is 9.75. The molecule has 0 atom stereocenters. The maximum atomic E-state index is 11.8. The molecule has 6 heteroatoms. The lowest BCUT2D eigenvalue weighted by molar-refractivity contribution is 0.305. The van der Waals surface area contributed by atoms with Crippen LogP contribution in [0.2, 0.25) is 0 Å². The molecule has 0 radical (unpaired) electrons. The molecule has 0 amide bonds. The van der Waals surface area contributed by atoms with Crippen molar-refractivity contribution in [1.82, 2.24) is 0 Å². The number of benzene rings is 2. The molecular weight excluding hydrogens is 438 g/mol. The molecule has 0 bridgehead atoms. The van der Waals surface area contributed by atoms with Crippen LogP contribution < -0.4 is 10.4 Å². The highest BCUT2D eigenvalue weighted by Gasteiger charge is 2.11. The molecule has 24 heavy (non-hydrogen) atoms. The van der Waals surface area contributed by atoms with E-state index in [1.807, 2.05) is 24.3 Å². The minimum Gasteiger partial charge on any atom is -0.489 e. The van der Waals surface area contributed by atoms with Crippen LogP contribution in [0, 0.1) is 18.3 Å². The summed E-state index contributed by atoms with van der Waals surface area (Å²) in [7, 11) is 0. The summed E-state index contributed by atoms with van der Waals surface area (Å²) in [5.41, 5.74) is 1.43. The second kappa shape index (κ2) is 6.80. The van der Waals surface area contributed by atoms with Crippen molar-refractivity contribution in [2.75, 3.05) is 0 Å². The first-order chi connectivity index (χ1) is 11.5. The van der Waals surface area contributed by atoms with Gasteiger partial charge in [0.05, 0.1) is 0 Å². The number of rotatable bonds is 3. The van der Waals surface area contributed by atoms with Gasteiger partial charge in [-0.15, -0.1) is 0 Å². The van der Waals surface area contributed by atoms with Gasteiger partial charge in [-0.2, -0.15) is 5.26 Å². The molecule has 0 spiro atoms. The Kier molecular flexibility index (Phi) is 4.74. The van der Waals surface area contributed by atoms with Gasteiger partial charge in [0.25, 0.3) is 0 Å². The Hall–Kier alpha value is -2.10. The molecule has 0 saturated carbocycles. The molecule has 0 saturated heterocycles. The Morgan fingerprint density at radius 1 is 1.21 bits per heavy atom. The molecule has 2 aromatic carbocycles. The molecule has 1 heterocycles. The molecule has 0 unspecified atom stereocenters. The summed E-state index contributed by atoms with van der Waals surface area (Å²) < 4.78 is 12.9. The number of nitrogens with zero attached hydrogens (tertiary/aromatic N) is 1. The van der Waals surface area contributed by atoms with Crippen LogP contribution in [-0.4, -0.2) is 0 Å². The smallest absolute Gasteiger partial charge is 0.354 e. The number of ether oxygens (including phenoxy) is 1. The van der Waals surface area contributed by atoms with Gasteiger partial charge < -0.3 is 9.15 Å². The first kappa shape index (κ1) is 16.7. The minimum atomic E-state index is -0.629. The van der Waals surface area contributed by atoms with Crippen LogP contribution in [0.1, 0.15) is 16.7 Å². The SMILES string of the molecule is Cc1c(C#N)c(=O)oc2cc(OCc3ccc(Br)cc3Br)ccc12. The second-order valence-electron chi connectivity index (χ2n) is 5.18. The van der Waals surface area contributed by atoms with Crippen molar-refractivity contribution < 1.29 is 9.15 Å².